The van der Waals surface area contributed by atoms with Gasteiger partial charge in [-0.15, -0.1) is 0 Å². The first-order valence-corrected chi connectivity index (χ1v) is 8.65. The number of H-pyrrole nitrogens is 1. The second-order valence-electron chi connectivity index (χ2n) is 5.48. The van der Waals surface area contributed by atoms with Gasteiger partial charge in [0.1, 0.15) is 0 Å². The van der Waals surface area contributed by atoms with Gasteiger partial charge in [0.15, 0.2) is 16.3 Å². The average Bonchev–Trinajstić information content (AvgIpc) is 2.76. The van der Waals surface area contributed by atoms with Crippen LogP contribution >= 0.6 is 24.0 Å². The molecule has 0 radical (unpaired) electrons. The van der Waals surface area contributed by atoms with Gasteiger partial charge < -0.3 is 19.0 Å². The number of methoxy groups -OCH3 is 2. The van der Waals surface area contributed by atoms with Gasteiger partial charge in [-0.25, -0.2) is 0 Å². The van der Waals surface area contributed by atoms with Crippen LogP contribution in [0.5, 0.6) is 11.5 Å². The Balaban J connectivity index is 2.10. The molecule has 0 atom stereocenters. The van der Waals surface area contributed by atoms with Crippen molar-refractivity contribution in [2.24, 2.45) is 0 Å². The van der Waals surface area contributed by atoms with Gasteiger partial charge in [0.2, 0.25) is 0 Å². The maximum atomic E-state index is 5.52. The van der Waals surface area contributed by atoms with E-state index in [0.29, 0.717) is 4.75 Å². The highest BCUT2D eigenvalue weighted by Crippen LogP contribution is 2.45. The van der Waals surface area contributed by atoms with E-state index in [0.717, 1.165) is 33.8 Å². The van der Waals surface area contributed by atoms with E-state index in [-0.39, 0.29) is 0 Å². The molecule has 0 saturated heterocycles. The fraction of sp³-hybridized carbons (Fsp3) is 0.533. The molecule has 1 N–H and O–H groups in total. The Morgan fingerprint density at radius 3 is 2.48 bits per heavy atom. The minimum Gasteiger partial charge on any atom is -0.493 e. The van der Waals surface area contributed by atoms with Crippen molar-refractivity contribution in [3.05, 3.63) is 16.9 Å². The van der Waals surface area contributed by atoms with Gasteiger partial charge >= 0.3 is 0 Å². The van der Waals surface area contributed by atoms with Crippen molar-refractivity contribution < 1.29 is 9.47 Å². The first-order valence-electron chi connectivity index (χ1n) is 7.02. The summed E-state index contributed by atoms with van der Waals surface area (Å²) in [5.74, 6) is 1.45. The summed E-state index contributed by atoms with van der Waals surface area (Å²) in [7, 11) is 3.30. The second-order valence-corrected chi connectivity index (χ2v) is 7.14. The highest BCUT2D eigenvalue weighted by molar-refractivity contribution is 8.00. The van der Waals surface area contributed by atoms with E-state index in [4.69, 9.17) is 21.7 Å². The lowest BCUT2D eigenvalue weighted by molar-refractivity contribution is 0.323. The Kier molecular flexibility index (Phi) is 3.92. The third-order valence-corrected chi connectivity index (χ3v) is 6.15. The molecular formula is C15H20N2O2S2. The Hall–Kier alpha value is -1.14. The number of hydrogen-bond donors (Lipinski definition) is 1. The van der Waals surface area contributed by atoms with Crippen molar-refractivity contribution in [3.63, 3.8) is 0 Å². The molecular weight excluding hydrogens is 304 g/mol. The smallest absolute Gasteiger partial charge is 0.178 e. The number of rotatable bonds is 5. The quantitative estimate of drug-likeness (QED) is 0.844. The highest BCUT2D eigenvalue weighted by Gasteiger charge is 2.37. The van der Waals surface area contributed by atoms with E-state index in [2.05, 4.69) is 15.8 Å². The largest absolute Gasteiger partial charge is 0.493 e. The molecule has 114 valence electrons. The van der Waals surface area contributed by atoms with E-state index in [1.54, 1.807) is 14.2 Å². The van der Waals surface area contributed by atoms with Crippen LogP contribution in [0.15, 0.2) is 12.1 Å². The minimum absolute atomic E-state index is 0.334. The summed E-state index contributed by atoms with van der Waals surface area (Å²) in [5, 5.41) is 0. The molecule has 0 aliphatic heterocycles. The maximum absolute atomic E-state index is 5.52. The fourth-order valence-electron chi connectivity index (χ4n) is 2.93. The summed E-state index contributed by atoms with van der Waals surface area (Å²) < 4.78 is 14.1. The number of ether oxygens (including phenoxy) is 2. The number of nitrogens with one attached hydrogen (secondary N) is 1. The molecule has 1 saturated carbocycles. The normalized spacial score (nSPS) is 16.7. The van der Waals surface area contributed by atoms with Crippen molar-refractivity contribution in [1.82, 2.24) is 9.55 Å². The van der Waals surface area contributed by atoms with Gasteiger partial charge in [0.05, 0.1) is 25.3 Å². The Labute approximate surface area is 133 Å². The summed E-state index contributed by atoms with van der Waals surface area (Å²) in [5.41, 5.74) is 2.08. The lowest BCUT2D eigenvalue weighted by Gasteiger charge is -2.40. The van der Waals surface area contributed by atoms with E-state index >= 15 is 0 Å². The summed E-state index contributed by atoms with van der Waals surface area (Å²) in [6.45, 7) is 0.947. The Morgan fingerprint density at radius 2 is 1.95 bits per heavy atom. The van der Waals surface area contributed by atoms with Gasteiger partial charge in [0.25, 0.3) is 0 Å². The van der Waals surface area contributed by atoms with Gasteiger partial charge in [-0.05, 0) is 31.3 Å². The summed E-state index contributed by atoms with van der Waals surface area (Å²) in [6.07, 6.45) is 6.03. The zero-order valence-corrected chi connectivity index (χ0v) is 14.2. The number of aromatic nitrogens is 2. The van der Waals surface area contributed by atoms with E-state index in [1.165, 1.54) is 19.3 Å². The molecule has 1 aliphatic rings. The average molecular weight is 324 g/mol. The van der Waals surface area contributed by atoms with Crippen LogP contribution in [0.25, 0.3) is 11.0 Å². The van der Waals surface area contributed by atoms with Crippen LogP contribution in [0.3, 0.4) is 0 Å². The van der Waals surface area contributed by atoms with Gasteiger partial charge in [-0.1, -0.05) is 6.42 Å². The lowest BCUT2D eigenvalue weighted by Crippen LogP contribution is -2.37. The van der Waals surface area contributed by atoms with Crippen molar-refractivity contribution in [3.8, 4) is 11.5 Å². The molecule has 0 amide bonds. The molecule has 1 fully saturated rings. The molecule has 1 aliphatic carbocycles. The van der Waals surface area contributed by atoms with E-state index in [1.807, 2.05) is 23.9 Å². The van der Waals surface area contributed by atoms with Gasteiger partial charge in [0, 0.05) is 23.4 Å². The van der Waals surface area contributed by atoms with Crippen molar-refractivity contribution in [1.29, 1.82) is 0 Å². The minimum atomic E-state index is 0.334. The summed E-state index contributed by atoms with van der Waals surface area (Å²) >= 11 is 7.47. The molecule has 1 aromatic carbocycles. The van der Waals surface area contributed by atoms with Crippen LogP contribution in [-0.2, 0) is 6.54 Å². The standard InChI is InChI=1S/C15H20N2O2S2/c1-18-12-7-10-11(8-13(12)19-2)17(14(20)16-10)9-15(21-3)5-4-6-15/h7-8H,4-6,9H2,1-3H3,(H,16,20). The third kappa shape index (κ3) is 2.44. The molecule has 0 unspecified atom stereocenters. The highest BCUT2D eigenvalue weighted by atomic mass is 32.2. The number of thioether (sulfide) groups is 1. The first kappa shape index (κ1) is 14.8. The van der Waals surface area contributed by atoms with E-state index in [9.17, 15) is 0 Å². The summed E-state index contributed by atoms with van der Waals surface area (Å²) in [6, 6.07) is 3.96. The molecule has 1 aromatic heterocycles. The first-order chi connectivity index (χ1) is 10.1. The SMILES string of the molecule is COc1cc2[nH]c(=S)n(CC3(SC)CCC3)c2cc1OC. The van der Waals surface area contributed by atoms with Gasteiger partial charge in [-0.3, -0.25) is 0 Å². The lowest BCUT2D eigenvalue weighted by atomic mass is 9.84. The Bertz CT molecular complexity index is 711. The predicted octanol–water partition coefficient (Wildman–Crippen LogP) is 4.00. The molecule has 2 aromatic rings. The predicted molar refractivity (Wildman–Crippen MR) is 90.3 cm³/mol. The van der Waals surface area contributed by atoms with Crippen LogP contribution < -0.4 is 9.47 Å². The molecule has 6 heteroatoms. The fourth-order valence-corrected chi connectivity index (χ4v) is 4.15. The number of hydrogen-bond acceptors (Lipinski definition) is 4. The molecule has 0 spiro atoms. The molecule has 3 rings (SSSR count). The van der Waals surface area contributed by atoms with E-state index < -0.39 is 0 Å². The van der Waals surface area contributed by atoms with Crippen LogP contribution in [0, 0.1) is 4.77 Å². The molecule has 1 heterocycles. The zero-order valence-electron chi connectivity index (χ0n) is 12.6. The number of fused-ring (bicyclic) bond motifs is 1. The van der Waals surface area contributed by atoms with Crippen LogP contribution in [0.2, 0.25) is 0 Å². The van der Waals surface area contributed by atoms with Crippen molar-refractivity contribution >= 4 is 35.0 Å². The number of imidazole rings is 1. The van der Waals surface area contributed by atoms with Crippen molar-refractivity contribution in [2.75, 3.05) is 20.5 Å². The monoisotopic (exact) mass is 324 g/mol. The summed E-state index contributed by atoms with van der Waals surface area (Å²) in [4.78, 5) is 3.28. The maximum Gasteiger partial charge on any atom is 0.178 e. The number of aromatic amines is 1. The van der Waals surface area contributed by atoms with Crippen LogP contribution in [-0.4, -0.2) is 34.8 Å². The molecule has 21 heavy (non-hydrogen) atoms. The third-order valence-electron chi connectivity index (χ3n) is 4.42. The number of benzene rings is 1. The zero-order chi connectivity index (χ0) is 15.0. The number of nitrogens with zero attached hydrogens (tertiary/aromatic N) is 1. The van der Waals surface area contributed by atoms with Gasteiger partial charge in [-0.2, -0.15) is 11.8 Å². The van der Waals surface area contributed by atoms with Crippen LogP contribution in [0.1, 0.15) is 19.3 Å². The van der Waals surface area contributed by atoms with Crippen LogP contribution in [0.4, 0.5) is 0 Å². The Morgan fingerprint density at radius 1 is 1.29 bits per heavy atom. The molecule has 0 bridgehead atoms. The van der Waals surface area contributed by atoms with Crippen molar-refractivity contribution in [2.45, 2.75) is 30.6 Å². The topological polar surface area (TPSA) is 39.2 Å². The molecule has 4 nitrogen and oxygen atoms in total. The second kappa shape index (κ2) is 5.57.